The molecule has 1 atom stereocenters. The molecular formula is C21H31N5O. The summed E-state index contributed by atoms with van der Waals surface area (Å²) < 4.78 is 1.94. The molecule has 1 amide bonds. The number of piperidine rings is 1. The zero-order valence-corrected chi connectivity index (χ0v) is 16.7. The lowest BCUT2D eigenvalue weighted by Crippen LogP contribution is -2.40. The number of aryl methyl sites for hydroxylation is 2. The van der Waals surface area contributed by atoms with Crippen LogP contribution in [0.5, 0.6) is 0 Å². The highest BCUT2D eigenvalue weighted by atomic mass is 16.1. The third kappa shape index (κ3) is 4.96. The summed E-state index contributed by atoms with van der Waals surface area (Å²) in [6, 6.07) is 8.68. The Labute approximate surface area is 161 Å². The first-order chi connectivity index (χ1) is 12.9. The van der Waals surface area contributed by atoms with Gasteiger partial charge >= 0.3 is 0 Å². The first kappa shape index (κ1) is 19.6. The van der Waals surface area contributed by atoms with Gasteiger partial charge in [-0.25, -0.2) is 0 Å². The second-order valence-corrected chi connectivity index (χ2v) is 7.67. The minimum atomic E-state index is -0.168. The fraction of sp³-hybridized carbons (Fsp3) is 0.524. The molecule has 0 aliphatic carbocycles. The van der Waals surface area contributed by atoms with Crippen LogP contribution < -0.4 is 11.1 Å². The van der Waals surface area contributed by atoms with Crippen molar-refractivity contribution in [2.75, 3.05) is 13.1 Å². The number of aromatic nitrogens is 2. The van der Waals surface area contributed by atoms with Gasteiger partial charge in [0.25, 0.3) is 0 Å². The molecule has 0 spiro atoms. The van der Waals surface area contributed by atoms with Crippen LogP contribution in [0.2, 0.25) is 0 Å². The number of nitrogens with one attached hydrogen (secondary N) is 1. The van der Waals surface area contributed by atoms with E-state index in [2.05, 4.69) is 53.4 Å². The number of hydrogen-bond donors (Lipinski definition) is 2. The maximum atomic E-state index is 11.5. The Morgan fingerprint density at radius 1 is 1.30 bits per heavy atom. The van der Waals surface area contributed by atoms with Crippen LogP contribution in [-0.4, -0.2) is 33.7 Å². The number of nitrogens with zero attached hydrogens (tertiary/aromatic N) is 3. The van der Waals surface area contributed by atoms with Crippen molar-refractivity contribution in [1.82, 2.24) is 20.0 Å². The van der Waals surface area contributed by atoms with Crippen LogP contribution >= 0.6 is 0 Å². The molecule has 3 N–H and O–H groups in total. The summed E-state index contributed by atoms with van der Waals surface area (Å²) in [7, 11) is 1.98. The molecular weight excluding hydrogens is 338 g/mol. The van der Waals surface area contributed by atoms with Gasteiger partial charge in [-0.2, -0.15) is 5.10 Å². The van der Waals surface area contributed by atoms with Crippen molar-refractivity contribution in [1.29, 1.82) is 0 Å². The third-order valence-electron chi connectivity index (χ3n) is 5.60. The highest BCUT2D eigenvalue weighted by Gasteiger charge is 2.23. The number of likely N-dealkylation sites (tertiary alicyclic amines) is 1. The molecule has 2 heterocycles. The Morgan fingerprint density at radius 3 is 2.78 bits per heavy atom. The smallest absolute Gasteiger partial charge is 0.221 e. The molecule has 1 aromatic carbocycles. The maximum absolute atomic E-state index is 11.5. The van der Waals surface area contributed by atoms with Gasteiger partial charge in [-0.05, 0) is 44.4 Å². The second-order valence-electron chi connectivity index (χ2n) is 7.67. The molecule has 0 radical (unpaired) electrons. The van der Waals surface area contributed by atoms with E-state index >= 15 is 0 Å². The van der Waals surface area contributed by atoms with E-state index in [0.29, 0.717) is 0 Å². The van der Waals surface area contributed by atoms with E-state index in [0.717, 1.165) is 51.3 Å². The van der Waals surface area contributed by atoms with E-state index < -0.39 is 0 Å². The SMILES string of the molecule is Cc1nn(C)c(C)c1CNCc1cccc(CN2CCCC(C(N)=O)C2)c1. The van der Waals surface area contributed by atoms with Crippen LogP contribution in [0.1, 0.15) is 40.9 Å². The van der Waals surface area contributed by atoms with Crippen molar-refractivity contribution in [2.45, 2.75) is 46.3 Å². The fourth-order valence-electron chi connectivity index (χ4n) is 3.93. The number of carbonyl (C=O) groups excluding carboxylic acids is 1. The molecule has 1 aliphatic heterocycles. The molecule has 0 saturated carbocycles. The Balaban J connectivity index is 1.55. The lowest BCUT2D eigenvalue weighted by molar-refractivity contribution is -0.123. The molecule has 27 heavy (non-hydrogen) atoms. The summed E-state index contributed by atoms with van der Waals surface area (Å²) in [5.74, 6) is -0.173. The normalized spacial score (nSPS) is 18.0. The van der Waals surface area contributed by atoms with Gasteiger partial charge < -0.3 is 11.1 Å². The second kappa shape index (κ2) is 8.67. The molecule has 146 valence electrons. The number of rotatable bonds is 7. The Hall–Kier alpha value is -2.18. The number of amides is 1. The number of benzene rings is 1. The molecule has 1 fully saturated rings. The summed E-state index contributed by atoms with van der Waals surface area (Å²) in [4.78, 5) is 13.8. The monoisotopic (exact) mass is 369 g/mol. The lowest BCUT2D eigenvalue weighted by Gasteiger charge is -2.31. The molecule has 1 saturated heterocycles. The van der Waals surface area contributed by atoms with Crippen molar-refractivity contribution in [3.8, 4) is 0 Å². The van der Waals surface area contributed by atoms with Crippen LogP contribution in [0.25, 0.3) is 0 Å². The molecule has 1 aliphatic rings. The van der Waals surface area contributed by atoms with E-state index in [-0.39, 0.29) is 11.8 Å². The molecule has 0 bridgehead atoms. The van der Waals surface area contributed by atoms with E-state index in [1.54, 1.807) is 0 Å². The summed E-state index contributed by atoms with van der Waals surface area (Å²) in [6.07, 6.45) is 1.96. The zero-order chi connectivity index (χ0) is 19.4. The topological polar surface area (TPSA) is 76.2 Å². The highest BCUT2D eigenvalue weighted by molar-refractivity contribution is 5.76. The molecule has 6 nitrogen and oxygen atoms in total. The van der Waals surface area contributed by atoms with E-state index in [4.69, 9.17) is 5.73 Å². The number of carbonyl (C=O) groups is 1. The molecule has 1 unspecified atom stereocenters. The van der Waals surface area contributed by atoms with E-state index in [9.17, 15) is 4.79 Å². The van der Waals surface area contributed by atoms with Gasteiger partial charge in [-0.1, -0.05) is 24.3 Å². The summed E-state index contributed by atoms with van der Waals surface area (Å²) in [6.45, 7) is 8.49. The fourth-order valence-corrected chi connectivity index (χ4v) is 3.93. The standard InChI is InChI=1S/C21H31N5O/c1-15-20(16(2)25(3)24-15)12-23-11-17-6-4-7-18(10-17)13-26-9-5-8-19(14-26)21(22)27/h4,6-7,10,19,23H,5,8-9,11-14H2,1-3H3,(H2,22,27). The van der Waals surface area contributed by atoms with Crippen LogP contribution in [-0.2, 0) is 31.5 Å². The van der Waals surface area contributed by atoms with E-state index in [1.165, 1.54) is 22.4 Å². The molecule has 2 aromatic rings. The van der Waals surface area contributed by atoms with Crippen LogP contribution in [0, 0.1) is 19.8 Å². The van der Waals surface area contributed by atoms with Gasteiger partial charge in [0.15, 0.2) is 0 Å². The van der Waals surface area contributed by atoms with Crippen molar-refractivity contribution in [3.63, 3.8) is 0 Å². The van der Waals surface area contributed by atoms with Crippen LogP contribution in [0.3, 0.4) is 0 Å². The van der Waals surface area contributed by atoms with E-state index in [1.807, 2.05) is 11.7 Å². The van der Waals surface area contributed by atoms with Crippen LogP contribution in [0.4, 0.5) is 0 Å². The minimum absolute atomic E-state index is 0.00504. The van der Waals surface area contributed by atoms with Crippen LogP contribution in [0.15, 0.2) is 24.3 Å². The van der Waals surface area contributed by atoms with Gasteiger partial charge in [0, 0.05) is 44.5 Å². The third-order valence-corrected chi connectivity index (χ3v) is 5.60. The Morgan fingerprint density at radius 2 is 2.07 bits per heavy atom. The Kier molecular flexibility index (Phi) is 6.29. The summed E-state index contributed by atoms with van der Waals surface area (Å²) in [5.41, 5.74) is 11.6. The molecule has 3 rings (SSSR count). The predicted molar refractivity (Wildman–Crippen MR) is 107 cm³/mol. The first-order valence-corrected chi connectivity index (χ1v) is 9.73. The van der Waals surface area contributed by atoms with Crippen molar-refractivity contribution >= 4 is 5.91 Å². The highest BCUT2D eigenvalue weighted by Crippen LogP contribution is 2.19. The average molecular weight is 370 g/mol. The molecule has 1 aromatic heterocycles. The number of nitrogens with two attached hydrogens (primary N) is 1. The van der Waals surface area contributed by atoms with Gasteiger partial charge in [0.1, 0.15) is 0 Å². The van der Waals surface area contributed by atoms with Crippen molar-refractivity contribution in [2.24, 2.45) is 18.7 Å². The zero-order valence-electron chi connectivity index (χ0n) is 16.7. The van der Waals surface area contributed by atoms with Crippen molar-refractivity contribution < 1.29 is 4.79 Å². The summed E-state index contributed by atoms with van der Waals surface area (Å²) in [5, 5.41) is 8.01. The first-order valence-electron chi connectivity index (χ1n) is 9.73. The average Bonchev–Trinajstić information content (AvgIpc) is 2.88. The lowest BCUT2D eigenvalue weighted by atomic mass is 9.97. The van der Waals surface area contributed by atoms with Gasteiger partial charge in [-0.3, -0.25) is 14.4 Å². The van der Waals surface area contributed by atoms with Gasteiger partial charge in [0.2, 0.25) is 5.91 Å². The largest absolute Gasteiger partial charge is 0.369 e. The number of hydrogen-bond acceptors (Lipinski definition) is 4. The predicted octanol–water partition coefficient (Wildman–Crippen LogP) is 2.02. The van der Waals surface area contributed by atoms with Gasteiger partial charge in [0.05, 0.1) is 11.6 Å². The van der Waals surface area contributed by atoms with Crippen molar-refractivity contribution in [3.05, 3.63) is 52.3 Å². The summed E-state index contributed by atoms with van der Waals surface area (Å²) >= 11 is 0. The van der Waals surface area contributed by atoms with Gasteiger partial charge in [-0.15, -0.1) is 0 Å². The number of primary amides is 1. The molecule has 6 heteroatoms. The minimum Gasteiger partial charge on any atom is -0.369 e. The Bertz CT molecular complexity index is 798. The quantitative estimate of drug-likeness (QED) is 0.783. The maximum Gasteiger partial charge on any atom is 0.221 e.